The molecule has 0 aliphatic carbocycles. The molecule has 0 fully saturated rings. The fraction of sp³-hybridized carbons (Fsp3) is 0. The summed E-state index contributed by atoms with van der Waals surface area (Å²) in [5.41, 5.74) is 3.85. The van der Waals surface area contributed by atoms with Gasteiger partial charge in [0.2, 0.25) is 0 Å². The van der Waals surface area contributed by atoms with Crippen LogP contribution in [0.25, 0.3) is 0 Å². The molecule has 0 spiro atoms. The summed E-state index contributed by atoms with van der Waals surface area (Å²) in [4.78, 5) is 16.0. The first-order chi connectivity index (χ1) is 9.65. The Labute approximate surface area is 120 Å². The van der Waals surface area contributed by atoms with Crippen LogP contribution in [-0.2, 0) is 0 Å². The Morgan fingerprint density at radius 1 is 1.35 bits per heavy atom. The second-order valence-electron chi connectivity index (χ2n) is 3.83. The van der Waals surface area contributed by atoms with Crippen LogP contribution < -0.4 is 16.6 Å². The number of rotatable bonds is 3. The fourth-order valence-corrected chi connectivity index (χ4v) is 1.75. The SMILES string of the molecule is N#Cc1ccc(Cl)c(NC(=O)c2ccncc2NN)c1. The van der Waals surface area contributed by atoms with Gasteiger partial charge in [0.05, 0.1) is 39.8 Å². The number of amides is 1. The van der Waals surface area contributed by atoms with E-state index in [9.17, 15) is 4.79 Å². The monoisotopic (exact) mass is 287 g/mol. The van der Waals surface area contributed by atoms with Crippen molar-refractivity contribution in [3.05, 3.63) is 52.8 Å². The Hall–Kier alpha value is -2.62. The van der Waals surface area contributed by atoms with Crippen LogP contribution in [0.15, 0.2) is 36.7 Å². The average Bonchev–Trinajstić information content (AvgIpc) is 2.49. The van der Waals surface area contributed by atoms with E-state index in [0.717, 1.165) is 0 Å². The van der Waals surface area contributed by atoms with E-state index in [-0.39, 0.29) is 0 Å². The van der Waals surface area contributed by atoms with Gasteiger partial charge in [-0.1, -0.05) is 11.6 Å². The Balaban J connectivity index is 2.30. The lowest BCUT2D eigenvalue weighted by Crippen LogP contribution is -2.17. The van der Waals surface area contributed by atoms with Gasteiger partial charge in [-0.2, -0.15) is 5.26 Å². The number of carbonyl (C=O) groups is 1. The van der Waals surface area contributed by atoms with Gasteiger partial charge in [-0.25, -0.2) is 0 Å². The molecule has 0 saturated heterocycles. The van der Waals surface area contributed by atoms with E-state index < -0.39 is 5.91 Å². The first-order valence-electron chi connectivity index (χ1n) is 5.57. The molecular weight excluding hydrogens is 278 g/mol. The van der Waals surface area contributed by atoms with Crippen LogP contribution in [0, 0.1) is 11.3 Å². The van der Waals surface area contributed by atoms with E-state index in [0.29, 0.717) is 27.5 Å². The number of anilines is 2. The number of nitrogens with two attached hydrogens (primary N) is 1. The number of hydrazine groups is 1. The topological polar surface area (TPSA) is 104 Å². The largest absolute Gasteiger partial charge is 0.322 e. The van der Waals surface area contributed by atoms with E-state index in [1.165, 1.54) is 24.5 Å². The van der Waals surface area contributed by atoms with E-state index >= 15 is 0 Å². The van der Waals surface area contributed by atoms with Gasteiger partial charge in [-0.05, 0) is 24.3 Å². The van der Waals surface area contributed by atoms with Gasteiger partial charge in [-0.15, -0.1) is 0 Å². The lowest BCUT2D eigenvalue weighted by atomic mass is 10.2. The maximum Gasteiger partial charge on any atom is 0.257 e. The maximum atomic E-state index is 12.2. The van der Waals surface area contributed by atoms with Crippen LogP contribution >= 0.6 is 11.6 Å². The van der Waals surface area contributed by atoms with Crippen molar-refractivity contribution in [2.45, 2.75) is 0 Å². The van der Waals surface area contributed by atoms with Crippen LogP contribution in [0.3, 0.4) is 0 Å². The van der Waals surface area contributed by atoms with Crippen molar-refractivity contribution in [1.82, 2.24) is 4.98 Å². The maximum absolute atomic E-state index is 12.2. The quantitative estimate of drug-likeness (QED) is 0.593. The van der Waals surface area contributed by atoms with E-state index in [1.54, 1.807) is 12.1 Å². The third-order valence-corrected chi connectivity index (χ3v) is 2.89. The van der Waals surface area contributed by atoms with Crippen LogP contribution in [-0.4, -0.2) is 10.9 Å². The molecule has 1 heterocycles. The summed E-state index contributed by atoms with van der Waals surface area (Å²) in [6, 6.07) is 8.11. The second-order valence-corrected chi connectivity index (χ2v) is 4.23. The highest BCUT2D eigenvalue weighted by Gasteiger charge is 2.13. The molecule has 100 valence electrons. The van der Waals surface area contributed by atoms with Crippen LogP contribution in [0.5, 0.6) is 0 Å². The van der Waals surface area contributed by atoms with Crippen molar-refractivity contribution in [3.63, 3.8) is 0 Å². The first-order valence-corrected chi connectivity index (χ1v) is 5.95. The van der Waals surface area contributed by atoms with Gasteiger partial charge in [0, 0.05) is 6.20 Å². The number of pyridine rings is 1. The Bertz CT molecular complexity index is 695. The molecule has 0 unspecified atom stereocenters. The molecule has 1 amide bonds. The summed E-state index contributed by atoms with van der Waals surface area (Å²) < 4.78 is 0. The Kier molecular flexibility index (Phi) is 4.15. The van der Waals surface area contributed by atoms with Crippen molar-refractivity contribution in [2.75, 3.05) is 10.7 Å². The minimum atomic E-state index is -0.405. The number of nitrogens with one attached hydrogen (secondary N) is 2. The predicted octanol–water partition coefficient (Wildman–Crippen LogP) is 2.14. The van der Waals surface area contributed by atoms with Gasteiger partial charge in [0.1, 0.15) is 0 Å². The van der Waals surface area contributed by atoms with E-state index in [2.05, 4.69) is 15.7 Å². The molecule has 0 bridgehead atoms. The van der Waals surface area contributed by atoms with Crippen LogP contribution in [0.4, 0.5) is 11.4 Å². The van der Waals surface area contributed by atoms with Crippen molar-refractivity contribution >= 4 is 28.9 Å². The predicted molar refractivity (Wildman–Crippen MR) is 76.2 cm³/mol. The summed E-state index contributed by atoms with van der Waals surface area (Å²) in [6.07, 6.45) is 2.91. The normalized spacial score (nSPS) is 9.65. The fourth-order valence-electron chi connectivity index (χ4n) is 1.59. The summed E-state index contributed by atoms with van der Waals surface area (Å²) >= 11 is 5.98. The Morgan fingerprint density at radius 2 is 2.15 bits per heavy atom. The van der Waals surface area contributed by atoms with Gasteiger partial charge in [0.25, 0.3) is 5.91 Å². The smallest absolute Gasteiger partial charge is 0.257 e. The van der Waals surface area contributed by atoms with Crippen LogP contribution in [0.2, 0.25) is 5.02 Å². The van der Waals surface area contributed by atoms with Gasteiger partial charge in [-0.3, -0.25) is 15.6 Å². The van der Waals surface area contributed by atoms with Gasteiger partial charge >= 0.3 is 0 Å². The van der Waals surface area contributed by atoms with Crippen molar-refractivity contribution in [3.8, 4) is 6.07 Å². The lowest BCUT2D eigenvalue weighted by Gasteiger charge is -2.10. The summed E-state index contributed by atoms with van der Waals surface area (Å²) in [5.74, 6) is 4.91. The molecule has 2 aromatic rings. The number of carbonyl (C=O) groups excluding carboxylic acids is 1. The molecule has 0 aliphatic heterocycles. The van der Waals surface area contributed by atoms with Gasteiger partial charge in [0.15, 0.2) is 0 Å². The molecule has 0 aliphatic rings. The zero-order valence-electron chi connectivity index (χ0n) is 10.2. The lowest BCUT2D eigenvalue weighted by molar-refractivity contribution is 0.102. The van der Waals surface area contributed by atoms with Gasteiger partial charge < -0.3 is 10.7 Å². The molecule has 6 nitrogen and oxygen atoms in total. The number of hydrogen-bond acceptors (Lipinski definition) is 5. The zero-order chi connectivity index (χ0) is 14.5. The van der Waals surface area contributed by atoms with E-state index in [1.807, 2.05) is 6.07 Å². The minimum Gasteiger partial charge on any atom is -0.322 e. The van der Waals surface area contributed by atoms with E-state index in [4.69, 9.17) is 22.7 Å². The van der Waals surface area contributed by atoms with Crippen molar-refractivity contribution in [2.24, 2.45) is 5.84 Å². The summed E-state index contributed by atoms with van der Waals surface area (Å²) in [6.45, 7) is 0. The third-order valence-electron chi connectivity index (χ3n) is 2.56. The third kappa shape index (κ3) is 2.85. The number of benzene rings is 1. The molecule has 20 heavy (non-hydrogen) atoms. The number of nitrogens with zero attached hydrogens (tertiary/aromatic N) is 2. The second kappa shape index (κ2) is 6.02. The number of nitrogen functional groups attached to an aromatic ring is 1. The number of aromatic nitrogens is 1. The average molecular weight is 288 g/mol. The highest BCUT2D eigenvalue weighted by Crippen LogP contribution is 2.24. The Morgan fingerprint density at radius 3 is 2.85 bits per heavy atom. The highest BCUT2D eigenvalue weighted by molar-refractivity contribution is 6.34. The summed E-state index contributed by atoms with van der Waals surface area (Å²) in [5, 5.41) is 11.8. The zero-order valence-corrected chi connectivity index (χ0v) is 11.0. The minimum absolute atomic E-state index is 0.320. The molecular formula is C13H10ClN5O. The molecule has 1 aromatic heterocycles. The first kappa shape index (κ1) is 13.8. The highest BCUT2D eigenvalue weighted by atomic mass is 35.5. The molecule has 0 atom stereocenters. The standard InChI is InChI=1S/C13H10ClN5O/c14-10-2-1-8(6-15)5-11(10)18-13(20)9-3-4-17-7-12(9)19-16/h1-5,7,19H,16H2,(H,18,20). The summed E-state index contributed by atoms with van der Waals surface area (Å²) in [7, 11) is 0. The number of hydrogen-bond donors (Lipinski definition) is 3. The molecule has 4 N–H and O–H groups in total. The van der Waals surface area contributed by atoms with Crippen LogP contribution in [0.1, 0.15) is 15.9 Å². The molecule has 7 heteroatoms. The number of halogens is 1. The molecule has 0 radical (unpaired) electrons. The number of nitriles is 1. The molecule has 2 rings (SSSR count). The van der Waals surface area contributed by atoms with Crippen molar-refractivity contribution in [1.29, 1.82) is 5.26 Å². The molecule has 1 aromatic carbocycles. The molecule has 0 saturated carbocycles. The van der Waals surface area contributed by atoms with Crippen molar-refractivity contribution < 1.29 is 4.79 Å².